The molecule has 0 radical (unpaired) electrons. The fourth-order valence-electron chi connectivity index (χ4n) is 1.82. The molecule has 7 heteroatoms. The highest BCUT2D eigenvalue weighted by Gasteiger charge is 2.09. The van der Waals surface area contributed by atoms with Crippen LogP contribution in [0.3, 0.4) is 0 Å². The monoisotopic (exact) mass is 288 g/mol. The van der Waals surface area contributed by atoms with Crippen LogP contribution in [0.5, 0.6) is 0 Å². The van der Waals surface area contributed by atoms with Gasteiger partial charge in [0.1, 0.15) is 18.2 Å². The van der Waals surface area contributed by atoms with Crippen molar-refractivity contribution in [1.82, 2.24) is 15.0 Å². The number of nitrogens with zero attached hydrogens (tertiary/aromatic N) is 3. The Morgan fingerprint density at radius 2 is 2.10 bits per heavy atom. The lowest BCUT2D eigenvalue weighted by molar-refractivity contribution is -0.135. The number of pyridine rings is 1. The van der Waals surface area contributed by atoms with Gasteiger partial charge in [-0.15, -0.1) is 0 Å². The molecule has 0 unspecified atom stereocenters. The second kappa shape index (κ2) is 5.74. The van der Waals surface area contributed by atoms with Crippen molar-refractivity contribution in [1.29, 1.82) is 0 Å². The van der Waals surface area contributed by atoms with Gasteiger partial charge in [0, 0.05) is 30.1 Å². The third-order valence-electron chi connectivity index (χ3n) is 3.18. The molecule has 0 saturated heterocycles. The molecule has 2 rings (SSSR count). The number of carboxylic acids is 1. The summed E-state index contributed by atoms with van der Waals surface area (Å²) >= 11 is 0. The van der Waals surface area contributed by atoms with Crippen molar-refractivity contribution in [2.45, 2.75) is 13.8 Å². The molecule has 0 aliphatic rings. The summed E-state index contributed by atoms with van der Waals surface area (Å²) in [4.78, 5) is 35.1. The van der Waals surface area contributed by atoms with Gasteiger partial charge in [0.15, 0.2) is 0 Å². The second-order valence-electron chi connectivity index (χ2n) is 4.78. The van der Waals surface area contributed by atoms with Crippen molar-refractivity contribution < 1.29 is 9.90 Å². The third-order valence-corrected chi connectivity index (χ3v) is 3.18. The molecule has 0 aromatic carbocycles. The Hall–Kier alpha value is -2.70. The van der Waals surface area contributed by atoms with E-state index >= 15 is 0 Å². The van der Waals surface area contributed by atoms with Crippen LogP contribution in [0, 0.1) is 13.8 Å². The number of aromatic amines is 1. The molecule has 0 spiro atoms. The first-order valence-electron chi connectivity index (χ1n) is 6.35. The van der Waals surface area contributed by atoms with Crippen molar-refractivity contribution in [3.8, 4) is 11.4 Å². The average Bonchev–Trinajstić information content (AvgIpc) is 2.43. The molecule has 7 nitrogen and oxygen atoms in total. The maximum Gasteiger partial charge on any atom is 0.323 e. The molecule has 2 N–H and O–H groups in total. The smallest absolute Gasteiger partial charge is 0.323 e. The van der Waals surface area contributed by atoms with Crippen LogP contribution in [0.4, 0.5) is 5.82 Å². The van der Waals surface area contributed by atoms with Crippen molar-refractivity contribution >= 4 is 11.8 Å². The molecular weight excluding hydrogens is 272 g/mol. The Labute approximate surface area is 121 Å². The molecule has 2 heterocycles. The number of aliphatic carboxylic acids is 1. The molecule has 0 aliphatic heterocycles. The van der Waals surface area contributed by atoms with Crippen LogP contribution in [0.25, 0.3) is 11.4 Å². The minimum atomic E-state index is -0.927. The molecule has 21 heavy (non-hydrogen) atoms. The van der Waals surface area contributed by atoms with Crippen molar-refractivity contribution in [2.24, 2.45) is 0 Å². The summed E-state index contributed by atoms with van der Waals surface area (Å²) in [6, 6.07) is 3.43. The predicted molar refractivity (Wildman–Crippen MR) is 78.5 cm³/mol. The lowest BCUT2D eigenvalue weighted by atomic mass is 10.2. The molecule has 0 atom stereocenters. The summed E-state index contributed by atoms with van der Waals surface area (Å²) in [5.74, 6) is 0.0545. The molecule has 2 aromatic heterocycles. The zero-order chi connectivity index (χ0) is 15.6. The Bertz CT molecular complexity index is 722. The Morgan fingerprint density at radius 3 is 2.62 bits per heavy atom. The van der Waals surface area contributed by atoms with Crippen LogP contribution in [0.1, 0.15) is 11.3 Å². The van der Waals surface area contributed by atoms with Gasteiger partial charge in [0.25, 0.3) is 5.56 Å². The second-order valence-corrected chi connectivity index (χ2v) is 4.78. The number of aryl methyl sites for hydroxylation is 1. The van der Waals surface area contributed by atoms with E-state index in [9.17, 15) is 9.59 Å². The average molecular weight is 288 g/mol. The summed E-state index contributed by atoms with van der Waals surface area (Å²) in [6.45, 7) is 3.36. The zero-order valence-corrected chi connectivity index (χ0v) is 12.0. The number of anilines is 1. The largest absolute Gasteiger partial charge is 0.480 e. The van der Waals surface area contributed by atoms with Gasteiger partial charge >= 0.3 is 5.97 Å². The topological polar surface area (TPSA) is 99.2 Å². The lowest BCUT2D eigenvalue weighted by Gasteiger charge is -2.15. The molecule has 0 amide bonds. The van der Waals surface area contributed by atoms with E-state index < -0.39 is 5.97 Å². The van der Waals surface area contributed by atoms with Gasteiger partial charge < -0.3 is 15.0 Å². The number of hydrogen-bond donors (Lipinski definition) is 2. The van der Waals surface area contributed by atoms with E-state index in [0.29, 0.717) is 28.5 Å². The normalized spacial score (nSPS) is 10.4. The van der Waals surface area contributed by atoms with E-state index in [4.69, 9.17) is 5.11 Å². The van der Waals surface area contributed by atoms with Crippen LogP contribution in [-0.4, -0.2) is 39.6 Å². The summed E-state index contributed by atoms with van der Waals surface area (Å²) in [5, 5.41) is 8.75. The van der Waals surface area contributed by atoms with Gasteiger partial charge in [-0.3, -0.25) is 9.59 Å². The van der Waals surface area contributed by atoms with Gasteiger partial charge in [-0.05, 0) is 26.0 Å². The van der Waals surface area contributed by atoms with Crippen LogP contribution >= 0.6 is 0 Å². The summed E-state index contributed by atoms with van der Waals surface area (Å²) in [6.07, 6.45) is 1.56. The van der Waals surface area contributed by atoms with E-state index in [1.807, 2.05) is 0 Å². The van der Waals surface area contributed by atoms with Gasteiger partial charge in [-0.1, -0.05) is 0 Å². The molecule has 0 bridgehead atoms. The first-order valence-corrected chi connectivity index (χ1v) is 6.35. The Kier molecular flexibility index (Phi) is 4.02. The number of likely N-dealkylation sites (N-methyl/N-ethyl adjacent to an activating group) is 1. The maximum absolute atomic E-state index is 11.7. The first kappa shape index (κ1) is 14.7. The number of rotatable bonds is 4. The highest BCUT2D eigenvalue weighted by atomic mass is 16.4. The summed E-state index contributed by atoms with van der Waals surface area (Å²) in [5.41, 5.74) is 1.75. The number of nitrogens with one attached hydrogen (secondary N) is 1. The van der Waals surface area contributed by atoms with Crippen LogP contribution < -0.4 is 10.5 Å². The Morgan fingerprint density at radius 1 is 1.38 bits per heavy atom. The number of hydrogen-bond acceptors (Lipinski definition) is 5. The standard InChI is InChI=1S/C14H16N4O3/c1-8-9(2)16-13(17-14(8)21)10-4-5-11(15-6-10)18(3)7-12(19)20/h4-6H,7H2,1-3H3,(H,19,20)(H,16,17,21). The van der Waals surface area contributed by atoms with Crippen molar-refractivity contribution in [3.63, 3.8) is 0 Å². The van der Waals surface area contributed by atoms with E-state index in [1.165, 1.54) is 4.90 Å². The van der Waals surface area contributed by atoms with Gasteiger partial charge in [0.05, 0.1) is 0 Å². The SMILES string of the molecule is Cc1nc(-c2ccc(N(C)CC(=O)O)nc2)[nH]c(=O)c1C. The number of aromatic nitrogens is 3. The van der Waals surface area contributed by atoms with Gasteiger partial charge in [-0.25, -0.2) is 9.97 Å². The number of carboxylic acid groups (broad SMARTS) is 1. The van der Waals surface area contributed by atoms with E-state index in [2.05, 4.69) is 15.0 Å². The summed E-state index contributed by atoms with van der Waals surface area (Å²) < 4.78 is 0. The van der Waals surface area contributed by atoms with Gasteiger partial charge in [-0.2, -0.15) is 0 Å². The predicted octanol–water partition coefficient (Wildman–Crippen LogP) is 0.970. The minimum Gasteiger partial charge on any atom is -0.480 e. The van der Waals surface area contributed by atoms with Crippen LogP contribution in [0.15, 0.2) is 23.1 Å². The molecule has 0 aliphatic carbocycles. The third kappa shape index (κ3) is 3.25. The fourth-order valence-corrected chi connectivity index (χ4v) is 1.82. The quantitative estimate of drug-likeness (QED) is 0.869. The first-order chi connectivity index (χ1) is 9.88. The number of H-pyrrole nitrogens is 1. The molecule has 0 saturated carbocycles. The van der Waals surface area contributed by atoms with E-state index in [-0.39, 0.29) is 12.1 Å². The zero-order valence-electron chi connectivity index (χ0n) is 12.0. The molecule has 110 valence electrons. The maximum atomic E-state index is 11.7. The van der Waals surface area contributed by atoms with Crippen LogP contribution in [-0.2, 0) is 4.79 Å². The fraction of sp³-hybridized carbons (Fsp3) is 0.286. The molecule has 2 aromatic rings. The van der Waals surface area contributed by atoms with E-state index in [0.717, 1.165) is 0 Å². The lowest BCUT2D eigenvalue weighted by Crippen LogP contribution is -2.25. The van der Waals surface area contributed by atoms with E-state index in [1.54, 1.807) is 39.2 Å². The Balaban J connectivity index is 2.31. The minimum absolute atomic E-state index is 0.134. The molecular formula is C14H16N4O3. The highest BCUT2D eigenvalue weighted by Crippen LogP contribution is 2.16. The van der Waals surface area contributed by atoms with Crippen molar-refractivity contribution in [3.05, 3.63) is 39.9 Å². The summed E-state index contributed by atoms with van der Waals surface area (Å²) in [7, 11) is 1.65. The van der Waals surface area contributed by atoms with Crippen molar-refractivity contribution in [2.75, 3.05) is 18.5 Å². The van der Waals surface area contributed by atoms with Crippen LogP contribution in [0.2, 0.25) is 0 Å². The van der Waals surface area contributed by atoms with Gasteiger partial charge in [0.2, 0.25) is 0 Å². The molecule has 0 fully saturated rings. The number of carbonyl (C=O) groups is 1. The highest BCUT2D eigenvalue weighted by molar-refractivity contribution is 5.73.